The predicted molar refractivity (Wildman–Crippen MR) is 63.5 cm³/mol. The van der Waals surface area contributed by atoms with Crippen LogP contribution in [0.25, 0.3) is 4.96 Å². The molecule has 0 spiro atoms. The van der Waals surface area contributed by atoms with Gasteiger partial charge in [-0.3, -0.25) is 14.0 Å². The standard InChI is InChI=1S/C11H12N2O3S/c1-3-16-10(15)4-8-9(6-14)13-5-7(2)17-11(13)12-8/h5-6H,3-4H2,1-2H3. The summed E-state index contributed by atoms with van der Waals surface area (Å²) in [6.07, 6.45) is 2.60. The first-order valence-corrected chi connectivity index (χ1v) is 6.05. The van der Waals surface area contributed by atoms with E-state index in [4.69, 9.17) is 4.74 Å². The van der Waals surface area contributed by atoms with E-state index in [2.05, 4.69) is 4.98 Å². The van der Waals surface area contributed by atoms with Crippen molar-refractivity contribution in [1.29, 1.82) is 0 Å². The molecule has 5 nitrogen and oxygen atoms in total. The number of thiazole rings is 1. The molecule has 0 saturated heterocycles. The van der Waals surface area contributed by atoms with Gasteiger partial charge in [0.05, 0.1) is 18.7 Å². The molecule has 0 bridgehead atoms. The van der Waals surface area contributed by atoms with Crippen LogP contribution in [0.15, 0.2) is 6.20 Å². The van der Waals surface area contributed by atoms with Crippen molar-refractivity contribution in [2.75, 3.05) is 6.61 Å². The second kappa shape index (κ2) is 4.67. The zero-order valence-electron chi connectivity index (χ0n) is 9.60. The molecule has 0 unspecified atom stereocenters. The highest BCUT2D eigenvalue weighted by atomic mass is 32.1. The lowest BCUT2D eigenvalue weighted by atomic mass is 10.2. The molecule has 90 valence electrons. The maximum absolute atomic E-state index is 11.4. The predicted octanol–water partition coefficient (Wildman–Crippen LogP) is 1.62. The Balaban J connectivity index is 2.36. The number of hydrogen-bond acceptors (Lipinski definition) is 5. The number of imidazole rings is 1. The SMILES string of the molecule is CCOC(=O)Cc1nc2sc(C)cn2c1C=O. The first kappa shape index (κ1) is 11.8. The van der Waals surface area contributed by atoms with Gasteiger partial charge in [0.2, 0.25) is 0 Å². The van der Waals surface area contributed by atoms with Crippen molar-refractivity contribution in [2.24, 2.45) is 0 Å². The van der Waals surface area contributed by atoms with Gasteiger partial charge in [0, 0.05) is 11.1 Å². The molecule has 2 rings (SSSR count). The van der Waals surface area contributed by atoms with Gasteiger partial charge in [0.25, 0.3) is 0 Å². The van der Waals surface area contributed by atoms with Gasteiger partial charge in [0.1, 0.15) is 5.69 Å². The Morgan fingerprint density at radius 3 is 3.06 bits per heavy atom. The summed E-state index contributed by atoms with van der Waals surface area (Å²) >= 11 is 1.48. The number of ether oxygens (including phenoxy) is 1. The van der Waals surface area contributed by atoms with Gasteiger partial charge < -0.3 is 4.74 Å². The summed E-state index contributed by atoms with van der Waals surface area (Å²) < 4.78 is 6.55. The Bertz CT molecular complexity index is 571. The monoisotopic (exact) mass is 252 g/mol. The molecular weight excluding hydrogens is 240 g/mol. The van der Waals surface area contributed by atoms with E-state index >= 15 is 0 Å². The molecule has 0 radical (unpaired) electrons. The van der Waals surface area contributed by atoms with Crippen molar-refractivity contribution in [3.8, 4) is 0 Å². The Labute approximate surface area is 102 Å². The van der Waals surface area contributed by atoms with E-state index in [9.17, 15) is 9.59 Å². The van der Waals surface area contributed by atoms with Crippen LogP contribution in [0, 0.1) is 6.92 Å². The van der Waals surface area contributed by atoms with E-state index in [0.29, 0.717) is 18.0 Å². The van der Waals surface area contributed by atoms with Crippen LogP contribution in [0.3, 0.4) is 0 Å². The van der Waals surface area contributed by atoms with E-state index in [0.717, 1.165) is 16.1 Å². The van der Waals surface area contributed by atoms with Gasteiger partial charge in [-0.25, -0.2) is 4.98 Å². The minimum Gasteiger partial charge on any atom is -0.466 e. The molecule has 0 aromatic carbocycles. The number of fused-ring (bicyclic) bond motifs is 1. The number of aldehydes is 1. The van der Waals surface area contributed by atoms with Crippen LogP contribution in [-0.2, 0) is 16.0 Å². The molecule has 0 aliphatic heterocycles. The van der Waals surface area contributed by atoms with Crippen LogP contribution in [0.4, 0.5) is 0 Å². The Morgan fingerprint density at radius 1 is 1.65 bits per heavy atom. The summed E-state index contributed by atoms with van der Waals surface area (Å²) in [5.74, 6) is -0.363. The van der Waals surface area contributed by atoms with Crippen molar-refractivity contribution < 1.29 is 14.3 Å². The van der Waals surface area contributed by atoms with Gasteiger partial charge in [-0.2, -0.15) is 0 Å². The average Bonchev–Trinajstić information content (AvgIpc) is 2.73. The molecule has 6 heteroatoms. The van der Waals surface area contributed by atoms with E-state index in [-0.39, 0.29) is 12.4 Å². The van der Waals surface area contributed by atoms with Crippen LogP contribution in [0.1, 0.15) is 28.0 Å². The normalized spacial score (nSPS) is 10.7. The first-order valence-electron chi connectivity index (χ1n) is 5.24. The van der Waals surface area contributed by atoms with Crippen LogP contribution >= 0.6 is 11.3 Å². The quantitative estimate of drug-likeness (QED) is 0.613. The third-order valence-corrected chi connectivity index (χ3v) is 3.18. The number of esters is 1. The zero-order valence-corrected chi connectivity index (χ0v) is 10.4. The highest BCUT2D eigenvalue weighted by molar-refractivity contribution is 7.17. The summed E-state index contributed by atoms with van der Waals surface area (Å²) in [5.41, 5.74) is 0.905. The minimum absolute atomic E-state index is 0.0371. The molecule has 0 aliphatic carbocycles. The van der Waals surface area contributed by atoms with Gasteiger partial charge in [-0.15, -0.1) is 11.3 Å². The Morgan fingerprint density at radius 2 is 2.41 bits per heavy atom. The summed E-state index contributed by atoms with van der Waals surface area (Å²) in [6, 6.07) is 0. The second-order valence-corrected chi connectivity index (χ2v) is 4.75. The summed E-state index contributed by atoms with van der Waals surface area (Å²) in [7, 11) is 0. The van der Waals surface area contributed by atoms with E-state index in [1.54, 1.807) is 11.3 Å². The minimum atomic E-state index is -0.363. The van der Waals surface area contributed by atoms with E-state index < -0.39 is 0 Å². The molecule has 2 aromatic rings. The first-order chi connectivity index (χ1) is 8.15. The van der Waals surface area contributed by atoms with Gasteiger partial charge in [-0.1, -0.05) is 0 Å². The van der Waals surface area contributed by atoms with Crippen molar-refractivity contribution in [3.63, 3.8) is 0 Å². The molecule has 17 heavy (non-hydrogen) atoms. The highest BCUT2D eigenvalue weighted by Gasteiger charge is 2.16. The summed E-state index contributed by atoms with van der Waals surface area (Å²) in [6.45, 7) is 4.02. The largest absolute Gasteiger partial charge is 0.466 e. The van der Waals surface area contributed by atoms with Gasteiger partial charge >= 0.3 is 5.97 Å². The van der Waals surface area contributed by atoms with Crippen molar-refractivity contribution in [2.45, 2.75) is 20.3 Å². The molecule has 0 saturated carbocycles. The zero-order chi connectivity index (χ0) is 12.4. The highest BCUT2D eigenvalue weighted by Crippen LogP contribution is 2.20. The number of hydrogen-bond donors (Lipinski definition) is 0. The van der Waals surface area contributed by atoms with Crippen LogP contribution in [0.2, 0.25) is 0 Å². The molecule has 0 N–H and O–H groups in total. The van der Waals surface area contributed by atoms with Crippen LogP contribution in [0.5, 0.6) is 0 Å². The number of carbonyl (C=O) groups is 2. The van der Waals surface area contributed by atoms with E-state index in [1.165, 1.54) is 11.3 Å². The fourth-order valence-corrected chi connectivity index (χ4v) is 2.47. The molecule has 2 heterocycles. The molecule has 2 aromatic heterocycles. The fraction of sp³-hybridized carbons (Fsp3) is 0.364. The fourth-order valence-electron chi connectivity index (χ4n) is 1.62. The van der Waals surface area contributed by atoms with Crippen LogP contribution in [-0.4, -0.2) is 28.2 Å². The van der Waals surface area contributed by atoms with Crippen molar-refractivity contribution in [3.05, 3.63) is 22.5 Å². The molecule has 0 fully saturated rings. The number of aryl methyl sites for hydroxylation is 1. The van der Waals surface area contributed by atoms with Crippen LogP contribution < -0.4 is 0 Å². The number of aromatic nitrogens is 2. The topological polar surface area (TPSA) is 60.7 Å². The number of carbonyl (C=O) groups excluding carboxylic acids is 2. The summed E-state index contributed by atoms with van der Waals surface area (Å²) in [4.78, 5) is 28.5. The lowest BCUT2D eigenvalue weighted by Gasteiger charge is -1.99. The summed E-state index contributed by atoms with van der Waals surface area (Å²) in [5, 5.41) is 0. The Hall–Kier alpha value is -1.69. The van der Waals surface area contributed by atoms with Crippen molar-refractivity contribution >= 4 is 28.6 Å². The van der Waals surface area contributed by atoms with E-state index in [1.807, 2.05) is 13.1 Å². The third kappa shape index (κ3) is 2.21. The second-order valence-electron chi connectivity index (χ2n) is 3.54. The molecular formula is C11H12N2O3S. The van der Waals surface area contributed by atoms with Crippen molar-refractivity contribution in [1.82, 2.24) is 9.38 Å². The number of nitrogens with zero attached hydrogens (tertiary/aromatic N) is 2. The molecule has 0 atom stereocenters. The lowest BCUT2D eigenvalue weighted by Crippen LogP contribution is -2.09. The third-order valence-electron chi connectivity index (χ3n) is 2.28. The maximum atomic E-state index is 11.4. The average molecular weight is 252 g/mol. The smallest absolute Gasteiger partial charge is 0.311 e. The molecule has 0 amide bonds. The lowest BCUT2D eigenvalue weighted by molar-refractivity contribution is -0.142. The van der Waals surface area contributed by atoms with Gasteiger partial charge in [0.15, 0.2) is 11.2 Å². The number of rotatable bonds is 4. The molecule has 0 aliphatic rings. The Kier molecular flexibility index (Phi) is 3.23. The van der Waals surface area contributed by atoms with Gasteiger partial charge in [-0.05, 0) is 13.8 Å². The maximum Gasteiger partial charge on any atom is 0.311 e.